The van der Waals surface area contributed by atoms with E-state index in [9.17, 15) is 4.79 Å². The molecule has 0 unspecified atom stereocenters. The van der Waals surface area contributed by atoms with Gasteiger partial charge in [-0.15, -0.1) is 48.6 Å². The summed E-state index contributed by atoms with van der Waals surface area (Å²) in [6, 6.07) is 0. The highest BCUT2D eigenvalue weighted by Gasteiger charge is 2.06. The maximum absolute atomic E-state index is 12.1. The quantitative estimate of drug-likeness (QED) is 0.435. The number of anilines is 1. The zero-order valence-electron chi connectivity index (χ0n) is 14.4. The minimum atomic E-state index is -0.123. The summed E-state index contributed by atoms with van der Waals surface area (Å²) in [4.78, 5) is 30.6. The van der Waals surface area contributed by atoms with Crippen LogP contribution < -0.4 is 10.9 Å². The van der Waals surface area contributed by atoms with E-state index >= 15 is 0 Å². The van der Waals surface area contributed by atoms with E-state index in [2.05, 4.69) is 30.2 Å². The number of aryl methyl sites for hydroxylation is 1. The van der Waals surface area contributed by atoms with Crippen molar-refractivity contribution in [1.29, 1.82) is 0 Å². The number of nitrogens with zero attached hydrogens (tertiary/aromatic N) is 3. The van der Waals surface area contributed by atoms with Gasteiger partial charge in [0.25, 0.3) is 5.56 Å². The van der Waals surface area contributed by atoms with Crippen molar-refractivity contribution in [2.24, 2.45) is 0 Å². The number of hydrogen-bond donors (Lipinski definition) is 3. The van der Waals surface area contributed by atoms with Crippen molar-refractivity contribution in [3.8, 4) is 0 Å². The van der Waals surface area contributed by atoms with Gasteiger partial charge in [0.1, 0.15) is 0 Å². The molecule has 7 nitrogen and oxygen atoms in total. The van der Waals surface area contributed by atoms with Crippen LogP contribution in [0.25, 0.3) is 0 Å². The average molecular weight is 472 g/mol. The molecule has 3 aromatic heterocycles. The Balaban J connectivity index is 0.00000225. The second-order valence-corrected chi connectivity index (χ2v) is 7.23. The van der Waals surface area contributed by atoms with Crippen molar-refractivity contribution < 1.29 is 0 Å². The third kappa shape index (κ3) is 7.71. The standard InChI is InChI=1S/C15H18N6OS2.3ClH/c1-10-12(20-9-19-10)8-23-4-2-17-15-18-7-11(14(22)21-15)6-13-16-3-5-24-13;;;/h3,5,7,9H,2,4,6,8H2,1H3,(H,19,20)(H2,17,18,21,22);3*1H. The second kappa shape index (κ2) is 13.0. The first-order chi connectivity index (χ1) is 11.7. The highest BCUT2D eigenvalue weighted by atomic mass is 35.5. The number of imidazole rings is 1. The highest BCUT2D eigenvalue weighted by molar-refractivity contribution is 7.98. The summed E-state index contributed by atoms with van der Waals surface area (Å²) in [7, 11) is 0. The molecule has 0 fully saturated rings. The molecule has 0 saturated carbocycles. The lowest BCUT2D eigenvalue weighted by molar-refractivity contribution is 0.999. The molecule has 0 aliphatic heterocycles. The Morgan fingerprint density at radius 3 is 2.67 bits per heavy atom. The summed E-state index contributed by atoms with van der Waals surface area (Å²) in [5.41, 5.74) is 2.69. The lowest BCUT2D eigenvalue weighted by Gasteiger charge is -2.06. The Hall–Kier alpha value is -1.26. The minimum absolute atomic E-state index is 0. The van der Waals surface area contributed by atoms with Crippen LogP contribution in [0.4, 0.5) is 5.95 Å². The van der Waals surface area contributed by atoms with Gasteiger partial charge < -0.3 is 10.3 Å². The smallest absolute Gasteiger partial charge is 0.255 e. The van der Waals surface area contributed by atoms with Crippen molar-refractivity contribution in [3.05, 3.63) is 56.4 Å². The van der Waals surface area contributed by atoms with Gasteiger partial charge in [-0.25, -0.2) is 15.0 Å². The van der Waals surface area contributed by atoms with E-state index in [4.69, 9.17) is 0 Å². The number of halogens is 3. The molecule has 150 valence electrons. The number of thiazole rings is 1. The molecule has 0 spiro atoms. The molecule has 27 heavy (non-hydrogen) atoms. The van der Waals surface area contributed by atoms with Gasteiger partial charge in [-0.2, -0.15) is 11.8 Å². The molecule has 3 rings (SSSR count). The van der Waals surface area contributed by atoms with Crippen LogP contribution in [0.2, 0.25) is 0 Å². The molecule has 3 aromatic rings. The maximum Gasteiger partial charge on any atom is 0.255 e. The van der Waals surface area contributed by atoms with Crippen LogP contribution in [0.5, 0.6) is 0 Å². The van der Waals surface area contributed by atoms with Gasteiger partial charge in [0.05, 0.1) is 17.0 Å². The maximum atomic E-state index is 12.1. The molecule has 0 saturated heterocycles. The molecule has 0 aromatic carbocycles. The molecule has 0 aliphatic carbocycles. The molecular weight excluding hydrogens is 451 g/mol. The number of aromatic nitrogens is 5. The van der Waals surface area contributed by atoms with Crippen molar-refractivity contribution in [1.82, 2.24) is 24.9 Å². The van der Waals surface area contributed by atoms with E-state index in [1.807, 2.05) is 12.3 Å². The Kier molecular flexibility index (Phi) is 12.4. The zero-order chi connectivity index (χ0) is 16.8. The second-order valence-electron chi connectivity index (χ2n) is 5.14. The summed E-state index contributed by atoms with van der Waals surface area (Å²) in [5.74, 6) is 2.27. The largest absolute Gasteiger partial charge is 0.355 e. The number of H-pyrrole nitrogens is 2. The summed E-state index contributed by atoms with van der Waals surface area (Å²) >= 11 is 3.32. The van der Waals surface area contributed by atoms with Gasteiger partial charge in [0.2, 0.25) is 5.95 Å². The predicted molar refractivity (Wildman–Crippen MR) is 119 cm³/mol. The summed E-state index contributed by atoms with van der Waals surface area (Å²) in [6.07, 6.45) is 5.58. The Morgan fingerprint density at radius 1 is 1.22 bits per heavy atom. The fourth-order valence-corrected chi connectivity index (χ4v) is 3.60. The van der Waals surface area contributed by atoms with Gasteiger partial charge in [-0.3, -0.25) is 9.78 Å². The number of rotatable bonds is 8. The molecule has 0 radical (unpaired) electrons. The Bertz CT molecular complexity index is 840. The van der Waals surface area contributed by atoms with E-state index < -0.39 is 0 Å². The number of hydrogen-bond acceptors (Lipinski definition) is 7. The number of aromatic amines is 2. The van der Waals surface area contributed by atoms with Crippen LogP contribution in [0, 0.1) is 6.92 Å². The van der Waals surface area contributed by atoms with Crippen molar-refractivity contribution in [2.75, 3.05) is 17.6 Å². The minimum Gasteiger partial charge on any atom is -0.355 e. The van der Waals surface area contributed by atoms with Gasteiger partial charge in [-0.1, -0.05) is 0 Å². The van der Waals surface area contributed by atoms with Crippen LogP contribution in [0.15, 0.2) is 28.9 Å². The first-order valence-electron chi connectivity index (χ1n) is 7.49. The van der Waals surface area contributed by atoms with E-state index in [1.54, 1.807) is 30.5 Å². The third-order valence-electron chi connectivity index (χ3n) is 3.41. The molecule has 0 bridgehead atoms. The first kappa shape index (κ1) is 25.7. The Morgan fingerprint density at radius 2 is 2.04 bits per heavy atom. The molecule has 0 amide bonds. The average Bonchev–Trinajstić information content (AvgIpc) is 3.22. The van der Waals surface area contributed by atoms with E-state index in [0.717, 1.165) is 34.4 Å². The molecule has 0 aliphatic rings. The molecule has 3 N–H and O–H groups in total. The van der Waals surface area contributed by atoms with Crippen LogP contribution in [-0.4, -0.2) is 37.2 Å². The number of thioether (sulfide) groups is 1. The summed E-state index contributed by atoms with van der Waals surface area (Å²) in [6.45, 7) is 2.74. The highest BCUT2D eigenvalue weighted by Crippen LogP contribution is 2.12. The van der Waals surface area contributed by atoms with Crippen molar-refractivity contribution >= 4 is 66.3 Å². The van der Waals surface area contributed by atoms with E-state index in [0.29, 0.717) is 17.9 Å². The fourth-order valence-electron chi connectivity index (χ4n) is 2.08. The first-order valence-corrected chi connectivity index (χ1v) is 9.53. The van der Waals surface area contributed by atoms with Crippen molar-refractivity contribution in [2.45, 2.75) is 19.1 Å². The molecule has 12 heteroatoms. The SMILES string of the molecule is Cc1[nH]cnc1CSCCNc1ncc(Cc2nccs2)c(=O)[nH]1.Cl.Cl.Cl. The van der Waals surface area contributed by atoms with Gasteiger partial charge in [-0.05, 0) is 6.92 Å². The molecule has 0 atom stereocenters. The summed E-state index contributed by atoms with van der Waals surface area (Å²) in [5, 5.41) is 5.95. The van der Waals surface area contributed by atoms with Crippen LogP contribution in [0.1, 0.15) is 22.0 Å². The predicted octanol–water partition coefficient (Wildman–Crippen LogP) is 3.46. The zero-order valence-corrected chi connectivity index (χ0v) is 18.5. The van der Waals surface area contributed by atoms with Crippen LogP contribution in [0.3, 0.4) is 0 Å². The fraction of sp³-hybridized carbons (Fsp3) is 0.333. The summed E-state index contributed by atoms with van der Waals surface area (Å²) < 4.78 is 0. The van der Waals surface area contributed by atoms with Crippen molar-refractivity contribution in [3.63, 3.8) is 0 Å². The normalized spacial score (nSPS) is 9.67. The van der Waals surface area contributed by atoms with E-state index in [1.165, 1.54) is 11.3 Å². The van der Waals surface area contributed by atoms with E-state index in [-0.39, 0.29) is 42.8 Å². The monoisotopic (exact) mass is 470 g/mol. The van der Waals surface area contributed by atoms with Crippen LogP contribution >= 0.6 is 60.3 Å². The number of nitrogens with one attached hydrogen (secondary N) is 3. The third-order valence-corrected chi connectivity index (χ3v) is 5.16. The molecule has 3 heterocycles. The lowest BCUT2D eigenvalue weighted by atomic mass is 10.2. The van der Waals surface area contributed by atoms with Crippen LogP contribution in [-0.2, 0) is 12.2 Å². The van der Waals surface area contributed by atoms with Gasteiger partial charge in [0.15, 0.2) is 0 Å². The molecular formula is C15H21Cl3N6OS2. The van der Waals surface area contributed by atoms with Gasteiger partial charge in [0, 0.05) is 53.5 Å². The topological polar surface area (TPSA) is 99.3 Å². The Labute approximate surface area is 183 Å². The van der Waals surface area contributed by atoms with Gasteiger partial charge >= 0.3 is 0 Å². The lowest BCUT2D eigenvalue weighted by Crippen LogP contribution is -2.18.